The van der Waals surface area contributed by atoms with E-state index >= 15 is 0 Å². The van der Waals surface area contributed by atoms with Gasteiger partial charge in [0.25, 0.3) is 0 Å². The molecule has 90 valence electrons. The quantitative estimate of drug-likeness (QED) is 0.745. The van der Waals surface area contributed by atoms with Crippen LogP contribution in [0.3, 0.4) is 0 Å². The topological polar surface area (TPSA) is 4.93 Å². The standard InChI is InChI=1S/C14H18NPS/c1-14(2,3)16(17,15-11-7-8-12-15)13-9-5-4-6-10-13/h4-12H,1-3H3/t16-/m0/s1. The summed E-state index contributed by atoms with van der Waals surface area (Å²) < 4.78 is 2.23. The van der Waals surface area contributed by atoms with E-state index in [4.69, 9.17) is 11.8 Å². The molecule has 0 spiro atoms. The number of hydrogen-bond donors (Lipinski definition) is 0. The SMILES string of the molecule is CC(C)(C)[P@@](=S)(c1ccccc1)n1cccc1. The van der Waals surface area contributed by atoms with Crippen LogP contribution in [0.25, 0.3) is 0 Å². The molecule has 0 aliphatic carbocycles. The Morgan fingerprint density at radius 1 is 0.941 bits per heavy atom. The largest absolute Gasteiger partial charge is 0.322 e. The van der Waals surface area contributed by atoms with Gasteiger partial charge < -0.3 is 4.34 Å². The molecule has 0 fully saturated rings. The number of rotatable bonds is 2. The van der Waals surface area contributed by atoms with Gasteiger partial charge in [0.2, 0.25) is 0 Å². The Hall–Kier alpha value is -0.850. The van der Waals surface area contributed by atoms with Gasteiger partial charge in [-0.05, 0) is 12.1 Å². The van der Waals surface area contributed by atoms with E-state index in [9.17, 15) is 0 Å². The monoisotopic (exact) mass is 263 g/mol. The van der Waals surface area contributed by atoms with Crippen LogP contribution in [0.15, 0.2) is 54.9 Å². The molecule has 0 N–H and O–H groups in total. The first-order valence-electron chi connectivity index (χ1n) is 5.76. The Kier molecular flexibility index (Phi) is 3.29. The summed E-state index contributed by atoms with van der Waals surface area (Å²) in [6.07, 6.45) is 2.38. The molecule has 0 aliphatic heterocycles. The Morgan fingerprint density at radius 3 is 1.94 bits per heavy atom. The fourth-order valence-corrected chi connectivity index (χ4v) is 5.54. The third kappa shape index (κ3) is 2.12. The van der Waals surface area contributed by atoms with Crippen molar-refractivity contribution in [3.05, 3.63) is 54.9 Å². The highest BCUT2D eigenvalue weighted by Crippen LogP contribution is 2.57. The van der Waals surface area contributed by atoms with E-state index in [1.807, 2.05) is 6.07 Å². The first kappa shape index (κ1) is 12.6. The van der Waals surface area contributed by atoms with Gasteiger partial charge in [-0.15, -0.1) is 0 Å². The molecular formula is C14H18NPS. The van der Waals surface area contributed by atoms with Gasteiger partial charge in [-0.25, -0.2) is 0 Å². The third-order valence-electron chi connectivity index (χ3n) is 2.93. The van der Waals surface area contributed by atoms with Crippen molar-refractivity contribution < 1.29 is 0 Å². The van der Waals surface area contributed by atoms with Crippen molar-refractivity contribution in [3.63, 3.8) is 0 Å². The molecule has 1 heterocycles. The minimum absolute atomic E-state index is 0.0721. The van der Waals surface area contributed by atoms with Crippen LogP contribution < -0.4 is 5.30 Å². The first-order valence-corrected chi connectivity index (χ1v) is 8.51. The third-order valence-corrected chi connectivity index (χ3v) is 9.50. The van der Waals surface area contributed by atoms with E-state index in [2.05, 4.69) is 73.9 Å². The second kappa shape index (κ2) is 4.44. The predicted molar refractivity (Wildman–Crippen MR) is 79.9 cm³/mol. The molecule has 17 heavy (non-hydrogen) atoms. The summed E-state index contributed by atoms with van der Waals surface area (Å²) in [4.78, 5) is 0. The average Bonchev–Trinajstić information content (AvgIpc) is 2.81. The molecule has 0 unspecified atom stereocenters. The summed E-state index contributed by atoms with van der Waals surface area (Å²) in [5.74, 6) is 0. The molecule has 0 saturated heterocycles. The van der Waals surface area contributed by atoms with Crippen molar-refractivity contribution in [1.82, 2.24) is 4.34 Å². The predicted octanol–water partition coefficient (Wildman–Crippen LogP) is 3.85. The Bertz CT molecular complexity index is 523. The van der Waals surface area contributed by atoms with Crippen molar-refractivity contribution in [3.8, 4) is 0 Å². The lowest BCUT2D eigenvalue weighted by Gasteiger charge is -2.36. The summed E-state index contributed by atoms with van der Waals surface area (Å²) in [5.41, 5.74) is 0. The molecule has 0 bridgehead atoms. The minimum atomic E-state index is -1.81. The summed E-state index contributed by atoms with van der Waals surface area (Å²) >= 11 is 6.10. The molecule has 0 amide bonds. The van der Waals surface area contributed by atoms with E-state index < -0.39 is 6.19 Å². The van der Waals surface area contributed by atoms with E-state index in [1.165, 1.54) is 5.30 Å². The van der Waals surface area contributed by atoms with Gasteiger partial charge in [-0.1, -0.05) is 62.9 Å². The second-order valence-corrected chi connectivity index (χ2v) is 10.2. The Morgan fingerprint density at radius 2 is 1.47 bits per heavy atom. The maximum atomic E-state index is 6.10. The van der Waals surface area contributed by atoms with Crippen LogP contribution in [0, 0.1) is 0 Å². The number of aromatic nitrogens is 1. The van der Waals surface area contributed by atoms with Crippen LogP contribution in [-0.2, 0) is 11.8 Å². The molecule has 1 nitrogen and oxygen atoms in total. The van der Waals surface area contributed by atoms with Crippen molar-refractivity contribution in [2.45, 2.75) is 25.9 Å². The molecule has 3 heteroatoms. The van der Waals surface area contributed by atoms with Gasteiger partial charge in [-0.3, -0.25) is 0 Å². The van der Waals surface area contributed by atoms with Gasteiger partial charge in [0.15, 0.2) is 0 Å². The molecule has 0 saturated carbocycles. The summed E-state index contributed by atoms with van der Waals surface area (Å²) in [6, 6.07) is 14.6. The van der Waals surface area contributed by atoms with Crippen molar-refractivity contribution in [2.75, 3.05) is 0 Å². The molecule has 2 rings (SSSR count). The van der Waals surface area contributed by atoms with Gasteiger partial charge in [0.05, 0.1) is 6.19 Å². The Balaban J connectivity index is 2.66. The zero-order chi connectivity index (χ0) is 12.5. The molecule has 1 aromatic heterocycles. The fourth-order valence-electron chi connectivity index (χ4n) is 2.01. The van der Waals surface area contributed by atoms with Crippen LogP contribution in [0.5, 0.6) is 0 Å². The molecule has 1 aromatic carbocycles. The fraction of sp³-hybridized carbons (Fsp3) is 0.286. The lowest BCUT2D eigenvalue weighted by Crippen LogP contribution is -2.26. The van der Waals surface area contributed by atoms with E-state index in [1.54, 1.807) is 0 Å². The lowest BCUT2D eigenvalue weighted by atomic mass is 10.3. The highest BCUT2D eigenvalue weighted by molar-refractivity contribution is 8.18. The summed E-state index contributed by atoms with van der Waals surface area (Å²) in [5, 5.41) is 1.35. The van der Waals surface area contributed by atoms with Crippen LogP contribution >= 0.6 is 6.19 Å². The van der Waals surface area contributed by atoms with E-state index in [0.29, 0.717) is 0 Å². The van der Waals surface area contributed by atoms with Gasteiger partial charge in [0, 0.05) is 22.9 Å². The molecule has 1 atom stereocenters. The second-order valence-electron chi connectivity index (χ2n) is 5.15. The Labute approximate surface area is 109 Å². The highest BCUT2D eigenvalue weighted by atomic mass is 32.4. The van der Waals surface area contributed by atoms with E-state index in [-0.39, 0.29) is 5.16 Å². The smallest absolute Gasteiger partial charge is 0.0732 e. The zero-order valence-electron chi connectivity index (χ0n) is 10.5. The van der Waals surface area contributed by atoms with Gasteiger partial charge in [0.1, 0.15) is 0 Å². The van der Waals surface area contributed by atoms with Crippen LogP contribution in [-0.4, -0.2) is 9.49 Å². The molecular weight excluding hydrogens is 245 g/mol. The maximum absolute atomic E-state index is 6.10. The molecule has 0 radical (unpaired) electrons. The average molecular weight is 263 g/mol. The summed E-state index contributed by atoms with van der Waals surface area (Å²) in [6.45, 7) is 6.71. The molecule has 0 aliphatic rings. The van der Waals surface area contributed by atoms with Crippen LogP contribution in [0.4, 0.5) is 0 Å². The van der Waals surface area contributed by atoms with Crippen LogP contribution in [0.1, 0.15) is 20.8 Å². The lowest BCUT2D eigenvalue weighted by molar-refractivity contribution is 0.776. The van der Waals surface area contributed by atoms with Crippen molar-refractivity contribution >= 4 is 23.3 Å². The zero-order valence-corrected chi connectivity index (χ0v) is 12.2. The van der Waals surface area contributed by atoms with Crippen molar-refractivity contribution in [2.24, 2.45) is 0 Å². The molecule has 2 aromatic rings. The van der Waals surface area contributed by atoms with Crippen LogP contribution in [0.2, 0.25) is 0 Å². The number of hydrogen-bond acceptors (Lipinski definition) is 1. The number of benzene rings is 1. The number of nitrogens with zero attached hydrogens (tertiary/aromatic N) is 1. The first-order chi connectivity index (χ1) is 7.96. The summed E-state index contributed by atoms with van der Waals surface area (Å²) in [7, 11) is 0. The minimum Gasteiger partial charge on any atom is -0.322 e. The van der Waals surface area contributed by atoms with Gasteiger partial charge in [-0.2, -0.15) is 0 Å². The maximum Gasteiger partial charge on any atom is 0.0732 e. The van der Waals surface area contributed by atoms with Gasteiger partial charge >= 0.3 is 0 Å². The van der Waals surface area contributed by atoms with E-state index in [0.717, 1.165) is 0 Å². The normalized spacial score (nSPS) is 15.5. The van der Waals surface area contributed by atoms with Crippen molar-refractivity contribution in [1.29, 1.82) is 0 Å². The highest BCUT2D eigenvalue weighted by Gasteiger charge is 2.34.